The zero-order valence-corrected chi connectivity index (χ0v) is 19.6. The first kappa shape index (κ1) is 22.6. The van der Waals surface area contributed by atoms with Crippen molar-refractivity contribution in [2.45, 2.75) is 62.3 Å². The van der Waals surface area contributed by atoms with E-state index in [1.165, 1.54) is 18.6 Å². The Kier molecular flexibility index (Phi) is 6.12. The summed E-state index contributed by atoms with van der Waals surface area (Å²) in [5.41, 5.74) is 1.65. The van der Waals surface area contributed by atoms with Gasteiger partial charge in [0.1, 0.15) is 11.5 Å². The summed E-state index contributed by atoms with van der Waals surface area (Å²) in [6.07, 6.45) is 11.2. The molecule has 1 saturated carbocycles. The van der Waals surface area contributed by atoms with Crippen molar-refractivity contribution in [1.29, 1.82) is 0 Å². The van der Waals surface area contributed by atoms with Crippen LogP contribution in [0.15, 0.2) is 57.1 Å². The van der Waals surface area contributed by atoms with Crippen LogP contribution in [0.2, 0.25) is 0 Å². The topological polar surface area (TPSA) is 122 Å². The van der Waals surface area contributed by atoms with Crippen molar-refractivity contribution < 1.29 is 17.9 Å². The Labute approximate surface area is 198 Å². The molecule has 0 aliphatic heterocycles. The largest absolute Gasteiger partial charge is 0.507 e. The van der Waals surface area contributed by atoms with E-state index in [1.54, 1.807) is 18.2 Å². The van der Waals surface area contributed by atoms with Crippen LogP contribution in [-0.4, -0.2) is 23.5 Å². The van der Waals surface area contributed by atoms with E-state index in [0.29, 0.717) is 24.3 Å². The Morgan fingerprint density at radius 3 is 2.62 bits per heavy atom. The molecule has 8 nitrogen and oxygen atoms in total. The van der Waals surface area contributed by atoms with Gasteiger partial charge in [-0.2, -0.15) is 8.42 Å². The standard InChI is InChI=1S/C25H27N3O5S/c29-24-19-8-3-1-2-4-9-20(19)33-25(30)23(24)22(16-10-11-16)17-6-5-7-18(14-17)28-34(31,32)21-15-26-12-13-27-21/h5-7,12-16,22,28-29H,1-4,8-11H2. The third-order valence-electron chi connectivity index (χ3n) is 6.61. The van der Waals surface area contributed by atoms with Gasteiger partial charge in [-0.1, -0.05) is 25.0 Å². The lowest BCUT2D eigenvalue weighted by Gasteiger charge is -2.22. The Morgan fingerprint density at radius 1 is 1.09 bits per heavy atom. The number of aryl methyl sites for hydroxylation is 1. The van der Waals surface area contributed by atoms with Gasteiger partial charge in [-0.05, 0) is 55.7 Å². The maximum atomic E-state index is 13.1. The van der Waals surface area contributed by atoms with Crippen LogP contribution in [0.3, 0.4) is 0 Å². The van der Waals surface area contributed by atoms with Crippen molar-refractivity contribution in [3.05, 3.63) is 75.7 Å². The lowest BCUT2D eigenvalue weighted by Crippen LogP contribution is -2.19. The van der Waals surface area contributed by atoms with Gasteiger partial charge in [0, 0.05) is 36.0 Å². The minimum Gasteiger partial charge on any atom is -0.507 e. The highest BCUT2D eigenvalue weighted by molar-refractivity contribution is 7.92. The van der Waals surface area contributed by atoms with Gasteiger partial charge in [0.05, 0.1) is 11.8 Å². The first-order valence-electron chi connectivity index (χ1n) is 11.7. The highest BCUT2D eigenvalue weighted by atomic mass is 32.2. The molecule has 1 aromatic carbocycles. The summed E-state index contributed by atoms with van der Waals surface area (Å²) in [6, 6.07) is 6.96. The molecular formula is C25H27N3O5S. The molecule has 1 fully saturated rings. The summed E-state index contributed by atoms with van der Waals surface area (Å²) in [4.78, 5) is 20.8. The quantitative estimate of drug-likeness (QED) is 0.542. The van der Waals surface area contributed by atoms with Gasteiger partial charge in [0.2, 0.25) is 0 Å². The van der Waals surface area contributed by atoms with Crippen LogP contribution in [0, 0.1) is 5.92 Å². The molecule has 2 aliphatic rings. The van der Waals surface area contributed by atoms with Crippen LogP contribution in [0.1, 0.15) is 66.9 Å². The van der Waals surface area contributed by atoms with Crippen molar-refractivity contribution >= 4 is 15.7 Å². The molecule has 2 aromatic heterocycles. The van der Waals surface area contributed by atoms with Gasteiger partial charge in [0.15, 0.2) is 5.03 Å². The minimum absolute atomic E-state index is 0.0515. The molecule has 2 heterocycles. The predicted octanol–water partition coefficient (Wildman–Crippen LogP) is 4.14. The number of nitrogens with zero attached hydrogens (tertiary/aromatic N) is 2. The number of fused-ring (bicyclic) bond motifs is 1. The summed E-state index contributed by atoms with van der Waals surface area (Å²) in [5, 5.41) is 11.1. The number of sulfonamides is 1. The number of hydrogen-bond donors (Lipinski definition) is 2. The monoisotopic (exact) mass is 481 g/mol. The molecule has 9 heteroatoms. The van der Waals surface area contributed by atoms with Crippen molar-refractivity contribution in [3.63, 3.8) is 0 Å². The molecule has 0 radical (unpaired) electrons. The molecule has 2 N–H and O–H groups in total. The predicted molar refractivity (Wildman–Crippen MR) is 126 cm³/mol. The Balaban J connectivity index is 1.53. The Bertz CT molecular complexity index is 1350. The molecular weight excluding hydrogens is 454 g/mol. The van der Waals surface area contributed by atoms with Crippen molar-refractivity contribution in [1.82, 2.24) is 9.97 Å². The molecule has 0 saturated heterocycles. The van der Waals surface area contributed by atoms with Crippen LogP contribution >= 0.6 is 0 Å². The van der Waals surface area contributed by atoms with E-state index in [9.17, 15) is 18.3 Å². The van der Waals surface area contributed by atoms with Crippen LogP contribution in [0.5, 0.6) is 5.75 Å². The van der Waals surface area contributed by atoms with Gasteiger partial charge < -0.3 is 9.52 Å². The lowest BCUT2D eigenvalue weighted by molar-refractivity contribution is 0.382. The lowest BCUT2D eigenvalue weighted by atomic mass is 9.85. The summed E-state index contributed by atoms with van der Waals surface area (Å²) in [6.45, 7) is 0. The maximum absolute atomic E-state index is 13.1. The summed E-state index contributed by atoms with van der Waals surface area (Å²) in [7, 11) is -3.91. The van der Waals surface area contributed by atoms with Gasteiger partial charge in [-0.25, -0.2) is 9.78 Å². The molecule has 1 unspecified atom stereocenters. The maximum Gasteiger partial charge on any atom is 0.343 e. The molecule has 5 rings (SSSR count). The Morgan fingerprint density at radius 2 is 1.88 bits per heavy atom. The first-order valence-corrected chi connectivity index (χ1v) is 13.2. The molecule has 0 amide bonds. The van der Waals surface area contributed by atoms with E-state index in [0.717, 1.165) is 49.7 Å². The molecule has 0 spiro atoms. The highest BCUT2D eigenvalue weighted by Crippen LogP contribution is 2.49. The molecule has 0 bridgehead atoms. The van der Waals surface area contributed by atoms with E-state index >= 15 is 0 Å². The summed E-state index contributed by atoms with van der Waals surface area (Å²) >= 11 is 0. The van der Waals surface area contributed by atoms with Crippen LogP contribution in [0.25, 0.3) is 0 Å². The summed E-state index contributed by atoms with van der Waals surface area (Å²) < 4.78 is 33.7. The third kappa shape index (κ3) is 4.57. The number of aromatic hydroxyl groups is 1. The number of anilines is 1. The number of benzene rings is 1. The fourth-order valence-corrected chi connectivity index (χ4v) is 5.77. The molecule has 178 valence electrons. The van der Waals surface area contributed by atoms with E-state index in [1.807, 2.05) is 6.07 Å². The second-order valence-electron chi connectivity index (χ2n) is 9.06. The molecule has 1 atom stereocenters. The first-order chi connectivity index (χ1) is 16.4. The third-order valence-corrected chi connectivity index (χ3v) is 7.88. The summed E-state index contributed by atoms with van der Waals surface area (Å²) in [5.74, 6) is 0.474. The van der Waals surface area contributed by atoms with Crippen molar-refractivity contribution in [3.8, 4) is 5.75 Å². The van der Waals surface area contributed by atoms with E-state index in [-0.39, 0.29) is 28.2 Å². The van der Waals surface area contributed by atoms with E-state index in [4.69, 9.17) is 4.42 Å². The fourth-order valence-electron chi connectivity index (χ4n) is 4.83. The average molecular weight is 482 g/mol. The van der Waals surface area contributed by atoms with Gasteiger partial charge in [0.25, 0.3) is 10.0 Å². The van der Waals surface area contributed by atoms with Gasteiger partial charge >= 0.3 is 5.63 Å². The molecule has 3 aromatic rings. The van der Waals surface area contributed by atoms with Gasteiger partial charge in [-0.15, -0.1) is 0 Å². The minimum atomic E-state index is -3.91. The molecule has 2 aliphatic carbocycles. The highest BCUT2D eigenvalue weighted by Gasteiger charge is 2.38. The van der Waals surface area contributed by atoms with E-state index < -0.39 is 15.6 Å². The van der Waals surface area contributed by atoms with Crippen LogP contribution in [0.4, 0.5) is 5.69 Å². The number of rotatable bonds is 6. The molecule has 34 heavy (non-hydrogen) atoms. The normalized spacial score (nSPS) is 17.3. The Hall–Kier alpha value is -3.20. The second-order valence-corrected chi connectivity index (χ2v) is 10.7. The SMILES string of the molecule is O=c1oc2c(c(O)c1C(c1cccc(NS(=O)(=O)c3cnccn3)c1)C1CC1)CCCCCC2. The van der Waals surface area contributed by atoms with Crippen LogP contribution < -0.4 is 10.3 Å². The zero-order valence-electron chi connectivity index (χ0n) is 18.7. The average Bonchev–Trinajstić information content (AvgIpc) is 3.63. The smallest absolute Gasteiger partial charge is 0.343 e. The zero-order chi connectivity index (χ0) is 23.7. The number of nitrogens with one attached hydrogen (secondary N) is 1. The van der Waals surface area contributed by atoms with Crippen LogP contribution in [-0.2, 0) is 22.9 Å². The van der Waals surface area contributed by atoms with Gasteiger partial charge in [-0.3, -0.25) is 9.71 Å². The number of hydrogen-bond acceptors (Lipinski definition) is 7. The van der Waals surface area contributed by atoms with E-state index in [2.05, 4.69) is 14.7 Å². The second kappa shape index (κ2) is 9.21. The fraction of sp³-hybridized carbons (Fsp3) is 0.400. The number of aromatic nitrogens is 2. The van der Waals surface area contributed by atoms with Crippen molar-refractivity contribution in [2.24, 2.45) is 5.92 Å². The van der Waals surface area contributed by atoms with Crippen molar-refractivity contribution in [2.75, 3.05) is 4.72 Å².